The first-order valence-corrected chi connectivity index (χ1v) is 10.7. The van der Waals surface area contributed by atoms with Crippen molar-refractivity contribution in [2.75, 3.05) is 6.26 Å². The second kappa shape index (κ2) is 7.50. The Kier molecular flexibility index (Phi) is 5.08. The Morgan fingerprint density at radius 3 is 2.70 bits per heavy atom. The highest BCUT2D eigenvalue weighted by atomic mass is 35.5. The zero-order valence-electron chi connectivity index (χ0n) is 14.8. The molecule has 1 aliphatic rings. The Morgan fingerprint density at radius 1 is 1.22 bits per heavy atom. The van der Waals surface area contributed by atoms with Crippen LogP contribution in [0.15, 0.2) is 58.1 Å². The molecule has 1 heterocycles. The van der Waals surface area contributed by atoms with Gasteiger partial charge in [-0.05, 0) is 47.6 Å². The summed E-state index contributed by atoms with van der Waals surface area (Å²) in [7, 11) is 0. The normalized spacial score (nSPS) is 14.9. The van der Waals surface area contributed by atoms with Crippen LogP contribution in [-0.2, 0) is 17.6 Å². The van der Waals surface area contributed by atoms with Crippen LogP contribution < -0.4 is 0 Å². The standard InChI is InChI=1S/C21H18ClNO3S/c1-27(25)16-9-8-15(19(22)11-16)10-14-4-2-3-5-17(14)20(24)18-12-23-26-21(18)13-6-7-13/h2-5,8-9,11-13H,6-7,10H2,1H3. The number of hydrogen-bond acceptors (Lipinski definition) is 4. The Labute approximate surface area is 165 Å². The SMILES string of the molecule is C[S+]([O-])c1ccc(Cc2ccccc2C(=O)c2cnoc2C2CC2)c(Cl)c1. The molecule has 1 fully saturated rings. The molecule has 0 saturated heterocycles. The molecule has 1 atom stereocenters. The lowest BCUT2D eigenvalue weighted by Gasteiger charge is -2.11. The molecule has 0 bridgehead atoms. The van der Waals surface area contributed by atoms with Crippen molar-refractivity contribution in [1.29, 1.82) is 0 Å². The molecular formula is C21H18ClNO3S. The van der Waals surface area contributed by atoms with Crippen LogP contribution in [0, 0.1) is 0 Å². The highest BCUT2D eigenvalue weighted by molar-refractivity contribution is 7.90. The summed E-state index contributed by atoms with van der Waals surface area (Å²) in [6, 6.07) is 12.9. The lowest BCUT2D eigenvalue weighted by molar-refractivity contribution is 0.103. The van der Waals surface area contributed by atoms with Crippen molar-refractivity contribution in [3.05, 3.63) is 81.7 Å². The number of ketones is 1. The van der Waals surface area contributed by atoms with E-state index in [0.29, 0.717) is 39.1 Å². The van der Waals surface area contributed by atoms with E-state index in [1.165, 1.54) is 6.20 Å². The fourth-order valence-electron chi connectivity index (χ4n) is 3.16. The molecule has 4 rings (SSSR count). The molecule has 2 aromatic carbocycles. The maximum absolute atomic E-state index is 13.1. The summed E-state index contributed by atoms with van der Waals surface area (Å²) in [5, 5.41) is 4.39. The van der Waals surface area contributed by atoms with Gasteiger partial charge in [-0.25, -0.2) is 0 Å². The van der Waals surface area contributed by atoms with Crippen LogP contribution in [0.25, 0.3) is 0 Å². The summed E-state index contributed by atoms with van der Waals surface area (Å²) in [5.41, 5.74) is 2.95. The van der Waals surface area contributed by atoms with Crippen LogP contribution in [0.1, 0.15) is 51.6 Å². The quantitative estimate of drug-likeness (QED) is 0.442. The molecule has 1 saturated carbocycles. The number of nitrogens with zero attached hydrogens (tertiary/aromatic N) is 1. The van der Waals surface area contributed by atoms with Gasteiger partial charge in [-0.1, -0.05) is 47.1 Å². The van der Waals surface area contributed by atoms with E-state index in [9.17, 15) is 9.35 Å². The average molecular weight is 400 g/mol. The van der Waals surface area contributed by atoms with E-state index >= 15 is 0 Å². The molecule has 1 unspecified atom stereocenters. The van der Waals surface area contributed by atoms with Gasteiger partial charge in [0, 0.05) is 22.6 Å². The predicted molar refractivity (Wildman–Crippen MR) is 105 cm³/mol. The van der Waals surface area contributed by atoms with Crippen LogP contribution in [-0.4, -0.2) is 21.7 Å². The number of aromatic nitrogens is 1. The Morgan fingerprint density at radius 2 is 2.00 bits per heavy atom. The molecule has 6 heteroatoms. The summed E-state index contributed by atoms with van der Waals surface area (Å²) >= 11 is 5.30. The summed E-state index contributed by atoms with van der Waals surface area (Å²) < 4.78 is 17.0. The van der Waals surface area contributed by atoms with Crippen molar-refractivity contribution in [2.45, 2.75) is 30.1 Å². The Bertz CT molecular complexity index is 995. The van der Waals surface area contributed by atoms with Gasteiger partial charge in [0.05, 0.1) is 11.8 Å². The molecular weight excluding hydrogens is 382 g/mol. The maximum Gasteiger partial charge on any atom is 0.198 e. The minimum Gasteiger partial charge on any atom is -0.612 e. The monoisotopic (exact) mass is 399 g/mol. The summed E-state index contributed by atoms with van der Waals surface area (Å²) in [4.78, 5) is 13.8. The van der Waals surface area contributed by atoms with Crippen molar-refractivity contribution in [3.8, 4) is 0 Å². The van der Waals surface area contributed by atoms with Crippen molar-refractivity contribution < 1.29 is 13.9 Å². The van der Waals surface area contributed by atoms with E-state index in [-0.39, 0.29) is 5.78 Å². The maximum atomic E-state index is 13.1. The third-order valence-corrected chi connectivity index (χ3v) is 6.06. The van der Waals surface area contributed by atoms with E-state index in [4.69, 9.17) is 16.1 Å². The Hall–Kier alpha value is -2.08. The molecule has 1 aliphatic carbocycles. The van der Waals surface area contributed by atoms with Gasteiger partial charge in [0.1, 0.15) is 6.26 Å². The lowest BCUT2D eigenvalue weighted by atomic mass is 9.94. The minimum atomic E-state index is -1.08. The third kappa shape index (κ3) is 3.81. The van der Waals surface area contributed by atoms with E-state index in [2.05, 4.69) is 5.16 Å². The molecule has 0 amide bonds. The highest BCUT2D eigenvalue weighted by Crippen LogP contribution is 2.42. The van der Waals surface area contributed by atoms with Crippen molar-refractivity contribution in [1.82, 2.24) is 5.16 Å². The first kappa shape index (κ1) is 18.3. The molecule has 3 aromatic rings. The van der Waals surface area contributed by atoms with Gasteiger partial charge in [-0.15, -0.1) is 0 Å². The molecule has 0 spiro atoms. The lowest BCUT2D eigenvalue weighted by Crippen LogP contribution is -2.07. The molecule has 0 N–H and O–H groups in total. The summed E-state index contributed by atoms with van der Waals surface area (Å²) in [5.74, 6) is 0.939. The predicted octanol–water partition coefficient (Wildman–Crippen LogP) is 4.76. The van der Waals surface area contributed by atoms with Gasteiger partial charge in [-0.3, -0.25) is 4.79 Å². The molecule has 0 aliphatic heterocycles. The average Bonchev–Trinajstić information content (AvgIpc) is 3.39. The van der Waals surface area contributed by atoms with Crippen LogP contribution in [0.5, 0.6) is 0 Å². The van der Waals surface area contributed by atoms with Crippen LogP contribution in [0.3, 0.4) is 0 Å². The van der Waals surface area contributed by atoms with E-state index < -0.39 is 11.2 Å². The topological polar surface area (TPSA) is 66.2 Å². The number of carbonyl (C=O) groups is 1. The summed E-state index contributed by atoms with van der Waals surface area (Å²) in [6.07, 6.45) is 5.73. The zero-order chi connectivity index (χ0) is 19.0. The van der Waals surface area contributed by atoms with Gasteiger partial charge in [-0.2, -0.15) is 0 Å². The van der Waals surface area contributed by atoms with Crippen molar-refractivity contribution in [2.24, 2.45) is 0 Å². The van der Waals surface area contributed by atoms with Crippen molar-refractivity contribution >= 4 is 28.6 Å². The van der Waals surface area contributed by atoms with Crippen LogP contribution in [0.4, 0.5) is 0 Å². The minimum absolute atomic E-state index is 0.0730. The molecule has 0 radical (unpaired) electrons. The smallest absolute Gasteiger partial charge is 0.198 e. The van der Waals surface area contributed by atoms with E-state index in [1.54, 1.807) is 12.3 Å². The molecule has 4 nitrogen and oxygen atoms in total. The second-order valence-electron chi connectivity index (χ2n) is 6.75. The van der Waals surface area contributed by atoms with Gasteiger partial charge < -0.3 is 9.08 Å². The fraction of sp³-hybridized carbons (Fsp3) is 0.238. The third-order valence-electron chi connectivity index (χ3n) is 4.79. The number of halogens is 1. The first-order chi connectivity index (χ1) is 13.0. The molecule has 138 valence electrons. The Balaban J connectivity index is 1.65. The van der Waals surface area contributed by atoms with Gasteiger partial charge in [0.15, 0.2) is 16.4 Å². The number of rotatable bonds is 6. The van der Waals surface area contributed by atoms with Crippen LogP contribution >= 0.6 is 11.6 Å². The number of hydrogen-bond donors (Lipinski definition) is 0. The second-order valence-corrected chi connectivity index (χ2v) is 8.54. The van der Waals surface area contributed by atoms with Gasteiger partial charge in [0.2, 0.25) is 0 Å². The van der Waals surface area contributed by atoms with E-state index in [1.807, 2.05) is 36.4 Å². The fourth-order valence-corrected chi connectivity index (χ4v) is 4.01. The van der Waals surface area contributed by atoms with Crippen molar-refractivity contribution in [3.63, 3.8) is 0 Å². The first-order valence-electron chi connectivity index (χ1n) is 8.73. The number of carbonyl (C=O) groups excluding carboxylic acids is 1. The van der Waals surface area contributed by atoms with Gasteiger partial charge in [0.25, 0.3) is 0 Å². The zero-order valence-corrected chi connectivity index (χ0v) is 16.3. The summed E-state index contributed by atoms with van der Waals surface area (Å²) in [6.45, 7) is 0. The van der Waals surface area contributed by atoms with E-state index in [0.717, 1.165) is 24.0 Å². The molecule has 27 heavy (non-hydrogen) atoms. The number of benzene rings is 2. The van der Waals surface area contributed by atoms with Gasteiger partial charge >= 0.3 is 0 Å². The molecule has 1 aromatic heterocycles. The highest BCUT2D eigenvalue weighted by Gasteiger charge is 2.33. The van der Waals surface area contributed by atoms with Crippen LogP contribution in [0.2, 0.25) is 5.02 Å². The largest absolute Gasteiger partial charge is 0.612 e.